The molecular formula is C14H19N5S2. The van der Waals surface area contributed by atoms with Crippen molar-refractivity contribution in [3.63, 3.8) is 0 Å². The highest BCUT2D eigenvalue weighted by molar-refractivity contribution is 7.99. The first-order chi connectivity index (χ1) is 10.4. The van der Waals surface area contributed by atoms with Crippen molar-refractivity contribution >= 4 is 29.0 Å². The summed E-state index contributed by atoms with van der Waals surface area (Å²) in [4.78, 5) is 2.41. The zero-order valence-corrected chi connectivity index (χ0v) is 13.5. The van der Waals surface area contributed by atoms with Gasteiger partial charge in [0.15, 0.2) is 0 Å². The summed E-state index contributed by atoms with van der Waals surface area (Å²) >= 11 is 3.81. The number of thiophene rings is 1. The number of anilines is 1. The Bertz CT molecular complexity index is 576. The predicted octanol–water partition coefficient (Wildman–Crippen LogP) is 3.14. The molecule has 0 radical (unpaired) electrons. The first kappa shape index (κ1) is 13.6. The van der Waals surface area contributed by atoms with Crippen LogP contribution in [0.2, 0.25) is 0 Å². The normalized spacial score (nSPS) is 23.8. The summed E-state index contributed by atoms with van der Waals surface area (Å²) in [6.45, 7) is 1.06. The standard InChI is InChI=1S/C14H19N5S2/c1-2-13(11-3-7-21-10-11)18(6-1)14-15-16-17-19(14)12-4-8-20-9-5-12/h3,7,10,12-13H,1-2,4-6,8-9H2. The molecule has 5 nitrogen and oxygen atoms in total. The number of rotatable bonds is 3. The molecule has 0 bridgehead atoms. The molecule has 2 aliphatic heterocycles. The van der Waals surface area contributed by atoms with Gasteiger partial charge in [0.25, 0.3) is 0 Å². The first-order valence-electron chi connectivity index (χ1n) is 7.58. The van der Waals surface area contributed by atoms with Gasteiger partial charge in [-0.15, -0.1) is 0 Å². The van der Waals surface area contributed by atoms with Crippen molar-refractivity contribution in [2.24, 2.45) is 0 Å². The number of tetrazole rings is 1. The van der Waals surface area contributed by atoms with Crippen molar-refractivity contribution in [3.8, 4) is 0 Å². The van der Waals surface area contributed by atoms with E-state index in [1.165, 1.54) is 42.8 Å². The summed E-state index contributed by atoms with van der Waals surface area (Å²) in [5.74, 6) is 3.41. The molecule has 21 heavy (non-hydrogen) atoms. The van der Waals surface area contributed by atoms with Crippen LogP contribution < -0.4 is 4.90 Å². The second-order valence-electron chi connectivity index (χ2n) is 5.68. The molecule has 0 N–H and O–H groups in total. The maximum Gasteiger partial charge on any atom is 0.246 e. The van der Waals surface area contributed by atoms with E-state index in [0.717, 1.165) is 12.5 Å². The van der Waals surface area contributed by atoms with Crippen LogP contribution in [0, 0.1) is 0 Å². The minimum atomic E-state index is 0.443. The topological polar surface area (TPSA) is 46.8 Å². The highest BCUT2D eigenvalue weighted by Crippen LogP contribution is 2.37. The van der Waals surface area contributed by atoms with Crippen LogP contribution in [0.15, 0.2) is 16.8 Å². The number of thioether (sulfide) groups is 1. The predicted molar refractivity (Wildman–Crippen MR) is 87.1 cm³/mol. The van der Waals surface area contributed by atoms with Gasteiger partial charge in [-0.1, -0.05) is 5.10 Å². The fraction of sp³-hybridized carbons (Fsp3) is 0.643. The molecule has 2 aromatic rings. The second-order valence-corrected chi connectivity index (χ2v) is 7.68. The highest BCUT2D eigenvalue weighted by Gasteiger charge is 2.32. The third-order valence-corrected chi connectivity index (χ3v) is 6.20. The molecule has 0 saturated carbocycles. The van der Waals surface area contributed by atoms with E-state index in [0.29, 0.717) is 12.1 Å². The lowest BCUT2D eigenvalue weighted by molar-refractivity contribution is 0.414. The minimum Gasteiger partial charge on any atom is -0.333 e. The number of aromatic nitrogens is 4. The zero-order valence-electron chi connectivity index (χ0n) is 11.9. The van der Waals surface area contributed by atoms with Crippen molar-refractivity contribution in [2.45, 2.75) is 37.8 Å². The zero-order chi connectivity index (χ0) is 14.1. The first-order valence-corrected chi connectivity index (χ1v) is 9.67. The molecule has 0 spiro atoms. The molecule has 0 amide bonds. The maximum atomic E-state index is 4.36. The molecule has 2 saturated heterocycles. The Kier molecular flexibility index (Phi) is 3.85. The molecule has 112 valence electrons. The van der Waals surface area contributed by atoms with E-state index in [1.807, 2.05) is 11.8 Å². The molecule has 2 fully saturated rings. The third kappa shape index (κ3) is 2.57. The van der Waals surface area contributed by atoms with Crippen LogP contribution in [-0.4, -0.2) is 38.3 Å². The Hall–Kier alpha value is -1.08. The van der Waals surface area contributed by atoms with Crippen LogP contribution in [0.1, 0.15) is 43.3 Å². The van der Waals surface area contributed by atoms with E-state index in [2.05, 4.69) is 41.9 Å². The molecule has 0 aliphatic carbocycles. The molecule has 4 rings (SSSR count). The molecule has 7 heteroatoms. The summed E-state index contributed by atoms with van der Waals surface area (Å²) in [7, 11) is 0. The van der Waals surface area contributed by atoms with E-state index in [4.69, 9.17) is 0 Å². The van der Waals surface area contributed by atoms with Crippen molar-refractivity contribution in [2.75, 3.05) is 23.0 Å². The third-order valence-electron chi connectivity index (χ3n) is 4.45. The fourth-order valence-electron chi connectivity index (χ4n) is 3.36. The van der Waals surface area contributed by atoms with E-state index < -0.39 is 0 Å². The lowest BCUT2D eigenvalue weighted by Crippen LogP contribution is -2.28. The Morgan fingerprint density at radius 2 is 2.10 bits per heavy atom. The van der Waals surface area contributed by atoms with Gasteiger partial charge in [0.05, 0.1) is 12.1 Å². The van der Waals surface area contributed by atoms with Gasteiger partial charge in [-0.2, -0.15) is 23.1 Å². The Morgan fingerprint density at radius 3 is 2.90 bits per heavy atom. The summed E-state index contributed by atoms with van der Waals surface area (Å²) in [6, 6.07) is 3.15. The Labute approximate surface area is 132 Å². The van der Waals surface area contributed by atoms with Gasteiger partial charge in [0, 0.05) is 6.54 Å². The van der Waals surface area contributed by atoms with Gasteiger partial charge in [0.2, 0.25) is 5.95 Å². The van der Waals surface area contributed by atoms with Crippen LogP contribution in [0.3, 0.4) is 0 Å². The lowest BCUT2D eigenvalue weighted by Gasteiger charge is -2.28. The number of hydrogen-bond donors (Lipinski definition) is 0. The smallest absolute Gasteiger partial charge is 0.246 e. The van der Waals surface area contributed by atoms with Crippen molar-refractivity contribution in [1.29, 1.82) is 0 Å². The van der Waals surface area contributed by atoms with E-state index in [1.54, 1.807) is 11.3 Å². The second kappa shape index (κ2) is 5.96. The molecule has 0 aromatic carbocycles. The number of hydrogen-bond acceptors (Lipinski definition) is 6. The van der Waals surface area contributed by atoms with Crippen LogP contribution in [0.25, 0.3) is 0 Å². The molecule has 4 heterocycles. The van der Waals surface area contributed by atoms with Crippen molar-refractivity contribution in [1.82, 2.24) is 20.2 Å². The molecule has 2 aliphatic rings. The molecular weight excluding hydrogens is 302 g/mol. The Balaban J connectivity index is 1.62. The summed E-state index contributed by atoms with van der Waals surface area (Å²) in [5.41, 5.74) is 1.41. The van der Waals surface area contributed by atoms with Gasteiger partial charge in [0.1, 0.15) is 0 Å². The van der Waals surface area contributed by atoms with Crippen LogP contribution >= 0.6 is 23.1 Å². The van der Waals surface area contributed by atoms with Gasteiger partial charge in [-0.25, -0.2) is 4.68 Å². The van der Waals surface area contributed by atoms with Crippen LogP contribution in [0.4, 0.5) is 5.95 Å². The summed E-state index contributed by atoms with van der Waals surface area (Å²) in [6.07, 6.45) is 4.78. The van der Waals surface area contributed by atoms with E-state index in [-0.39, 0.29) is 0 Å². The van der Waals surface area contributed by atoms with Crippen molar-refractivity contribution in [3.05, 3.63) is 22.4 Å². The molecule has 2 aromatic heterocycles. The van der Waals surface area contributed by atoms with E-state index >= 15 is 0 Å². The minimum absolute atomic E-state index is 0.443. The summed E-state index contributed by atoms with van der Waals surface area (Å²) in [5, 5.41) is 17.1. The van der Waals surface area contributed by atoms with Crippen LogP contribution in [0.5, 0.6) is 0 Å². The maximum absolute atomic E-state index is 4.36. The van der Waals surface area contributed by atoms with Gasteiger partial charge in [-0.05, 0) is 70.0 Å². The Morgan fingerprint density at radius 1 is 1.19 bits per heavy atom. The molecule has 1 unspecified atom stereocenters. The van der Waals surface area contributed by atoms with Gasteiger partial charge < -0.3 is 4.90 Å². The SMILES string of the molecule is c1cc(C2CCCN2c2nnnn2C2CCSCC2)cs1. The monoisotopic (exact) mass is 321 g/mol. The summed E-state index contributed by atoms with van der Waals surface area (Å²) < 4.78 is 2.09. The van der Waals surface area contributed by atoms with E-state index in [9.17, 15) is 0 Å². The largest absolute Gasteiger partial charge is 0.333 e. The van der Waals surface area contributed by atoms with Gasteiger partial charge >= 0.3 is 0 Å². The quantitative estimate of drug-likeness (QED) is 0.869. The van der Waals surface area contributed by atoms with Gasteiger partial charge in [-0.3, -0.25) is 0 Å². The van der Waals surface area contributed by atoms with Crippen LogP contribution in [-0.2, 0) is 0 Å². The highest BCUT2D eigenvalue weighted by atomic mass is 32.2. The molecule has 1 atom stereocenters. The average Bonchev–Trinajstić information content (AvgIpc) is 3.27. The fourth-order valence-corrected chi connectivity index (χ4v) is 5.15. The van der Waals surface area contributed by atoms with Crippen molar-refractivity contribution < 1.29 is 0 Å². The lowest BCUT2D eigenvalue weighted by atomic mass is 10.1. The average molecular weight is 321 g/mol. The number of nitrogens with zero attached hydrogens (tertiary/aromatic N) is 5.